The first-order valence-corrected chi connectivity index (χ1v) is 7.72. The highest BCUT2D eigenvalue weighted by atomic mass is 16.5. The number of carbonyl (C=O) groups excluding carboxylic acids is 1. The van der Waals surface area contributed by atoms with Crippen LogP contribution in [0.5, 0.6) is 0 Å². The fourth-order valence-electron chi connectivity index (χ4n) is 3.05. The molecular weight excluding hydrogens is 282 g/mol. The summed E-state index contributed by atoms with van der Waals surface area (Å²) >= 11 is 0. The number of amides is 1. The molecule has 0 spiro atoms. The molecule has 1 aliphatic carbocycles. The summed E-state index contributed by atoms with van der Waals surface area (Å²) in [5.41, 5.74) is -0.448. The summed E-state index contributed by atoms with van der Waals surface area (Å²) in [5, 5.41) is 12.4. The van der Waals surface area contributed by atoms with Crippen LogP contribution in [-0.2, 0) is 14.3 Å². The number of ether oxygens (including phenoxy) is 1. The van der Waals surface area contributed by atoms with Crippen LogP contribution in [0.4, 0.5) is 0 Å². The molecule has 5 heteroatoms. The molecule has 1 aliphatic rings. The van der Waals surface area contributed by atoms with Gasteiger partial charge in [-0.05, 0) is 18.4 Å². The number of hydrogen-bond acceptors (Lipinski definition) is 3. The van der Waals surface area contributed by atoms with Crippen LogP contribution in [0, 0.1) is 0 Å². The Morgan fingerprint density at radius 3 is 2.23 bits per heavy atom. The molecule has 2 N–H and O–H groups in total. The van der Waals surface area contributed by atoms with Gasteiger partial charge < -0.3 is 15.2 Å². The monoisotopic (exact) mass is 305 g/mol. The number of carboxylic acid groups (broad SMARTS) is 1. The van der Waals surface area contributed by atoms with Gasteiger partial charge in [0.2, 0.25) is 0 Å². The molecular formula is C17H23NO4. The van der Waals surface area contributed by atoms with E-state index in [2.05, 4.69) is 5.32 Å². The average Bonchev–Trinajstić information content (AvgIpc) is 2.75. The quantitative estimate of drug-likeness (QED) is 0.820. The van der Waals surface area contributed by atoms with Crippen molar-refractivity contribution >= 4 is 11.9 Å². The molecule has 1 aromatic rings. The van der Waals surface area contributed by atoms with Crippen LogP contribution in [0.2, 0.25) is 0 Å². The molecule has 1 atom stereocenters. The van der Waals surface area contributed by atoms with Gasteiger partial charge in [0, 0.05) is 7.11 Å². The Kier molecular flexibility index (Phi) is 5.55. The summed E-state index contributed by atoms with van der Waals surface area (Å²) < 4.78 is 5.29. The van der Waals surface area contributed by atoms with E-state index in [-0.39, 0.29) is 0 Å². The van der Waals surface area contributed by atoms with Crippen LogP contribution < -0.4 is 5.32 Å². The van der Waals surface area contributed by atoms with Gasteiger partial charge in [-0.2, -0.15) is 0 Å². The summed E-state index contributed by atoms with van der Waals surface area (Å²) in [5.74, 6) is -1.34. The van der Waals surface area contributed by atoms with Crippen molar-refractivity contribution in [3.63, 3.8) is 0 Å². The van der Waals surface area contributed by atoms with Crippen molar-refractivity contribution in [1.29, 1.82) is 0 Å². The van der Waals surface area contributed by atoms with E-state index >= 15 is 0 Å². The molecule has 1 aromatic carbocycles. The largest absolute Gasteiger partial charge is 0.480 e. The van der Waals surface area contributed by atoms with Crippen LogP contribution in [-0.4, -0.2) is 29.6 Å². The van der Waals surface area contributed by atoms with E-state index in [1.165, 1.54) is 7.11 Å². The van der Waals surface area contributed by atoms with E-state index in [4.69, 9.17) is 4.74 Å². The number of carbonyl (C=O) groups is 2. The second-order valence-electron chi connectivity index (χ2n) is 5.82. The highest BCUT2D eigenvalue weighted by molar-refractivity contribution is 5.89. The zero-order valence-corrected chi connectivity index (χ0v) is 12.9. The molecule has 5 nitrogen and oxygen atoms in total. The van der Waals surface area contributed by atoms with Gasteiger partial charge in [0.15, 0.2) is 6.10 Å². The SMILES string of the molecule is COC(C(=O)NC1(C(=O)O)CCCCCC1)c1ccccc1. The minimum atomic E-state index is -1.17. The molecule has 0 saturated heterocycles. The molecule has 0 aromatic heterocycles. The van der Waals surface area contributed by atoms with E-state index in [1.807, 2.05) is 18.2 Å². The molecule has 22 heavy (non-hydrogen) atoms. The van der Waals surface area contributed by atoms with Crippen molar-refractivity contribution in [1.82, 2.24) is 5.32 Å². The number of aliphatic carboxylic acids is 1. The third kappa shape index (κ3) is 3.65. The van der Waals surface area contributed by atoms with Crippen molar-refractivity contribution in [2.75, 3.05) is 7.11 Å². The van der Waals surface area contributed by atoms with Crippen molar-refractivity contribution in [3.05, 3.63) is 35.9 Å². The smallest absolute Gasteiger partial charge is 0.329 e. The first-order valence-electron chi connectivity index (χ1n) is 7.72. The van der Waals surface area contributed by atoms with Crippen molar-refractivity contribution in [3.8, 4) is 0 Å². The average molecular weight is 305 g/mol. The van der Waals surface area contributed by atoms with Gasteiger partial charge in [-0.1, -0.05) is 56.0 Å². The van der Waals surface area contributed by atoms with E-state index in [0.717, 1.165) is 31.2 Å². The highest BCUT2D eigenvalue weighted by Gasteiger charge is 2.41. The summed E-state index contributed by atoms with van der Waals surface area (Å²) in [6, 6.07) is 9.11. The van der Waals surface area contributed by atoms with Gasteiger partial charge in [0.25, 0.3) is 5.91 Å². The number of hydrogen-bond donors (Lipinski definition) is 2. The van der Waals surface area contributed by atoms with Gasteiger partial charge in [0.1, 0.15) is 5.54 Å². The molecule has 0 bridgehead atoms. The second kappa shape index (κ2) is 7.40. The van der Waals surface area contributed by atoms with Crippen LogP contribution in [0.1, 0.15) is 50.2 Å². The topological polar surface area (TPSA) is 75.6 Å². The zero-order chi connectivity index (χ0) is 16.0. The van der Waals surface area contributed by atoms with Crippen LogP contribution in [0.25, 0.3) is 0 Å². The molecule has 1 saturated carbocycles. The molecule has 1 fully saturated rings. The molecule has 2 rings (SSSR count). The molecule has 120 valence electrons. The Balaban J connectivity index is 2.18. The number of nitrogens with one attached hydrogen (secondary N) is 1. The lowest BCUT2D eigenvalue weighted by atomic mass is 9.89. The third-order valence-corrected chi connectivity index (χ3v) is 4.31. The van der Waals surface area contributed by atoms with Crippen molar-refractivity contribution in [2.24, 2.45) is 0 Å². The third-order valence-electron chi connectivity index (χ3n) is 4.31. The maximum Gasteiger partial charge on any atom is 0.329 e. The van der Waals surface area contributed by atoms with Crippen LogP contribution in [0.3, 0.4) is 0 Å². The first-order chi connectivity index (χ1) is 10.6. The van der Waals surface area contributed by atoms with Crippen molar-refractivity contribution < 1.29 is 19.4 Å². The van der Waals surface area contributed by atoms with Gasteiger partial charge in [-0.3, -0.25) is 4.79 Å². The van der Waals surface area contributed by atoms with Gasteiger partial charge in [-0.25, -0.2) is 4.79 Å². The normalized spacial score (nSPS) is 19.0. The second-order valence-corrected chi connectivity index (χ2v) is 5.82. The number of methoxy groups -OCH3 is 1. The molecule has 1 amide bonds. The van der Waals surface area contributed by atoms with Gasteiger partial charge in [-0.15, -0.1) is 0 Å². The highest BCUT2D eigenvalue weighted by Crippen LogP contribution is 2.29. The Bertz CT molecular complexity index is 507. The maximum absolute atomic E-state index is 12.6. The van der Waals surface area contributed by atoms with Gasteiger partial charge in [0.05, 0.1) is 0 Å². The Morgan fingerprint density at radius 2 is 1.73 bits per heavy atom. The maximum atomic E-state index is 12.6. The molecule has 0 heterocycles. The Morgan fingerprint density at radius 1 is 1.14 bits per heavy atom. The summed E-state index contributed by atoms with van der Waals surface area (Å²) in [6.45, 7) is 0. The summed E-state index contributed by atoms with van der Waals surface area (Å²) in [7, 11) is 1.46. The Labute approximate surface area is 130 Å². The van der Waals surface area contributed by atoms with E-state index in [1.54, 1.807) is 12.1 Å². The van der Waals surface area contributed by atoms with Crippen LogP contribution in [0.15, 0.2) is 30.3 Å². The predicted octanol–water partition coefficient (Wildman–Crippen LogP) is 2.67. The lowest BCUT2D eigenvalue weighted by molar-refractivity contribution is -0.150. The fraction of sp³-hybridized carbons (Fsp3) is 0.529. The summed E-state index contributed by atoms with van der Waals surface area (Å²) in [6.07, 6.45) is 3.80. The summed E-state index contributed by atoms with van der Waals surface area (Å²) in [4.78, 5) is 24.3. The molecule has 0 aliphatic heterocycles. The minimum Gasteiger partial charge on any atom is -0.480 e. The lowest BCUT2D eigenvalue weighted by Crippen LogP contribution is -2.55. The predicted molar refractivity (Wildman–Crippen MR) is 82.4 cm³/mol. The van der Waals surface area contributed by atoms with E-state index in [9.17, 15) is 14.7 Å². The number of carboxylic acids is 1. The number of benzene rings is 1. The standard InChI is InChI=1S/C17H23NO4/c1-22-14(13-9-5-4-6-10-13)15(19)18-17(16(20)21)11-7-2-3-8-12-17/h4-6,9-10,14H,2-3,7-8,11-12H2,1H3,(H,18,19)(H,20,21). The molecule has 0 radical (unpaired) electrons. The van der Waals surface area contributed by atoms with E-state index in [0.29, 0.717) is 12.8 Å². The first kappa shape index (κ1) is 16.5. The van der Waals surface area contributed by atoms with Gasteiger partial charge >= 0.3 is 5.97 Å². The number of rotatable bonds is 5. The van der Waals surface area contributed by atoms with E-state index < -0.39 is 23.5 Å². The zero-order valence-electron chi connectivity index (χ0n) is 12.9. The fourth-order valence-corrected chi connectivity index (χ4v) is 3.05. The lowest BCUT2D eigenvalue weighted by Gasteiger charge is -2.31. The molecule has 1 unspecified atom stereocenters. The Hall–Kier alpha value is -1.88. The minimum absolute atomic E-state index is 0.391. The van der Waals surface area contributed by atoms with Crippen molar-refractivity contribution in [2.45, 2.75) is 50.2 Å². The van der Waals surface area contributed by atoms with Crippen LogP contribution >= 0.6 is 0 Å².